The highest BCUT2D eigenvalue weighted by Gasteiger charge is 2.60. The van der Waals surface area contributed by atoms with Gasteiger partial charge in [-0.15, -0.1) is 0 Å². The zero-order chi connectivity index (χ0) is 31.0. The summed E-state index contributed by atoms with van der Waals surface area (Å²) < 4.78 is 11.7. The molecule has 0 unspecified atom stereocenters. The molecule has 1 heterocycles. The van der Waals surface area contributed by atoms with Gasteiger partial charge in [0.25, 0.3) is 5.91 Å². The van der Waals surface area contributed by atoms with E-state index in [1.54, 1.807) is 12.1 Å². The van der Waals surface area contributed by atoms with E-state index in [2.05, 4.69) is 10.2 Å². The van der Waals surface area contributed by atoms with Crippen LogP contribution >= 0.6 is 23.2 Å². The van der Waals surface area contributed by atoms with Crippen molar-refractivity contribution in [3.05, 3.63) is 70.3 Å². The predicted octanol–water partition coefficient (Wildman–Crippen LogP) is 7.63. The molecule has 4 bridgehead atoms. The Morgan fingerprint density at radius 1 is 0.955 bits per heavy atom. The molecule has 10 heteroatoms. The zero-order valence-electron chi connectivity index (χ0n) is 24.9. The minimum atomic E-state index is -1.38. The number of benzene rings is 2. The second kappa shape index (κ2) is 12.6. The van der Waals surface area contributed by atoms with E-state index in [0.29, 0.717) is 45.5 Å². The van der Waals surface area contributed by atoms with Crippen LogP contribution in [0.4, 0.5) is 4.79 Å². The first-order chi connectivity index (χ1) is 21.1. The fraction of sp³-hybridized carbons (Fsp3) is 0.441. The second-order valence-corrected chi connectivity index (χ2v) is 13.5. The highest BCUT2D eigenvalue weighted by molar-refractivity contribution is 6.33. The molecule has 7 rings (SSSR count). The molecular weight excluding hydrogens is 601 g/mol. The van der Waals surface area contributed by atoms with Crippen molar-refractivity contribution in [3.8, 4) is 28.1 Å². The number of carbonyl (C=O) groups is 2. The van der Waals surface area contributed by atoms with Crippen LogP contribution in [0.15, 0.2) is 54.6 Å². The van der Waals surface area contributed by atoms with Gasteiger partial charge in [-0.2, -0.15) is 0 Å². The standard InChI is InChI=1S/C34H37Cl2N3O5/c1-39(2)12-5-13-43-30-19-22(8-10-28(30)36)31-26(25-6-3-4-7-27(25)35)9-11-29(37-31)32(40)38-34(44-33(41)42)23-15-20-14-21(17-23)18-24(34)16-20/h3-4,6-11,19-21,23-24H,5,12-18H2,1-2H3,(H,38,40)(H,41,42). The summed E-state index contributed by atoms with van der Waals surface area (Å²) in [5.74, 6) is 1.06. The summed E-state index contributed by atoms with van der Waals surface area (Å²) in [6.07, 6.45) is 4.05. The van der Waals surface area contributed by atoms with Gasteiger partial charge in [-0.25, -0.2) is 9.78 Å². The molecule has 44 heavy (non-hydrogen) atoms. The number of hydrogen-bond donors (Lipinski definition) is 2. The number of rotatable bonds is 10. The van der Waals surface area contributed by atoms with E-state index in [-0.39, 0.29) is 17.5 Å². The maximum atomic E-state index is 13.9. The van der Waals surface area contributed by atoms with Gasteiger partial charge in [0.05, 0.1) is 17.3 Å². The third-order valence-corrected chi connectivity index (χ3v) is 10.1. The lowest BCUT2D eigenvalue weighted by Crippen LogP contribution is -2.68. The van der Waals surface area contributed by atoms with Gasteiger partial charge >= 0.3 is 6.16 Å². The Hall–Kier alpha value is -3.33. The molecule has 1 aromatic heterocycles. The van der Waals surface area contributed by atoms with Gasteiger partial charge in [0.1, 0.15) is 11.4 Å². The van der Waals surface area contributed by atoms with Crippen LogP contribution in [0.2, 0.25) is 10.0 Å². The van der Waals surface area contributed by atoms with Crippen molar-refractivity contribution in [1.29, 1.82) is 0 Å². The SMILES string of the molecule is CN(C)CCCOc1cc(-c2nc(C(=O)NC3(OC(=O)O)C4CC5CC(C4)CC3C5)ccc2-c2ccccc2Cl)ccc1Cl. The fourth-order valence-corrected chi connectivity index (χ4v) is 8.10. The number of amides is 1. The highest BCUT2D eigenvalue weighted by Crippen LogP contribution is 2.58. The van der Waals surface area contributed by atoms with Crippen LogP contribution in [0.5, 0.6) is 5.75 Å². The number of nitrogens with one attached hydrogen (secondary N) is 1. The Morgan fingerprint density at radius 3 is 2.32 bits per heavy atom. The Bertz CT molecular complexity index is 1530. The van der Waals surface area contributed by atoms with Crippen LogP contribution in [0.25, 0.3) is 22.4 Å². The smallest absolute Gasteiger partial charge is 0.492 e. The Balaban J connectivity index is 1.36. The average molecular weight is 639 g/mol. The van der Waals surface area contributed by atoms with E-state index >= 15 is 0 Å². The largest absolute Gasteiger partial charge is 0.507 e. The lowest BCUT2D eigenvalue weighted by Gasteiger charge is -2.59. The van der Waals surface area contributed by atoms with Crippen molar-refractivity contribution in [2.24, 2.45) is 23.7 Å². The lowest BCUT2D eigenvalue weighted by molar-refractivity contribution is -0.191. The van der Waals surface area contributed by atoms with Crippen LogP contribution in [0.1, 0.15) is 49.0 Å². The predicted molar refractivity (Wildman–Crippen MR) is 170 cm³/mol. The van der Waals surface area contributed by atoms with Gasteiger partial charge in [-0.05, 0) is 94.8 Å². The quantitative estimate of drug-likeness (QED) is 0.134. The number of carboxylic acid groups (broad SMARTS) is 1. The first-order valence-electron chi connectivity index (χ1n) is 15.2. The summed E-state index contributed by atoms with van der Waals surface area (Å²) in [7, 11) is 4.02. The maximum absolute atomic E-state index is 13.9. The van der Waals surface area contributed by atoms with E-state index < -0.39 is 17.8 Å². The van der Waals surface area contributed by atoms with E-state index in [1.165, 1.54) is 6.42 Å². The Morgan fingerprint density at radius 2 is 1.66 bits per heavy atom. The highest BCUT2D eigenvalue weighted by atomic mass is 35.5. The fourth-order valence-electron chi connectivity index (χ4n) is 7.69. The summed E-state index contributed by atoms with van der Waals surface area (Å²) in [5, 5.41) is 13.8. The number of ether oxygens (including phenoxy) is 2. The second-order valence-electron chi connectivity index (χ2n) is 12.6. The molecule has 0 atom stereocenters. The van der Waals surface area contributed by atoms with Gasteiger partial charge < -0.3 is 24.8 Å². The number of hydrogen-bond acceptors (Lipinski definition) is 6. The first kappa shape index (κ1) is 30.7. The van der Waals surface area contributed by atoms with Crippen molar-refractivity contribution in [2.75, 3.05) is 27.2 Å². The third kappa shape index (κ3) is 6.12. The first-order valence-corrected chi connectivity index (χ1v) is 16.0. The van der Waals surface area contributed by atoms with Crippen LogP contribution < -0.4 is 10.1 Å². The molecule has 8 nitrogen and oxygen atoms in total. The van der Waals surface area contributed by atoms with Gasteiger partial charge in [0.15, 0.2) is 5.72 Å². The summed E-state index contributed by atoms with van der Waals surface area (Å²) >= 11 is 13.1. The van der Waals surface area contributed by atoms with Gasteiger partial charge in [-0.3, -0.25) is 4.79 Å². The van der Waals surface area contributed by atoms with Gasteiger partial charge in [0, 0.05) is 40.1 Å². The molecule has 232 valence electrons. The normalized spacial score (nSPS) is 25.2. The third-order valence-electron chi connectivity index (χ3n) is 9.42. The van der Waals surface area contributed by atoms with Crippen molar-refractivity contribution in [3.63, 3.8) is 0 Å². The van der Waals surface area contributed by atoms with Crippen LogP contribution in [-0.4, -0.2) is 60.0 Å². The summed E-state index contributed by atoms with van der Waals surface area (Å²) in [6, 6.07) is 16.4. The maximum Gasteiger partial charge on any atom is 0.507 e. The van der Waals surface area contributed by atoms with E-state index in [1.807, 2.05) is 56.6 Å². The molecule has 4 fully saturated rings. The van der Waals surface area contributed by atoms with E-state index in [9.17, 15) is 14.7 Å². The van der Waals surface area contributed by atoms with Crippen LogP contribution in [0, 0.1) is 23.7 Å². The average Bonchev–Trinajstić information content (AvgIpc) is 2.98. The zero-order valence-corrected chi connectivity index (χ0v) is 26.4. The topological polar surface area (TPSA) is 101 Å². The monoisotopic (exact) mass is 637 g/mol. The molecule has 2 aromatic carbocycles. The molecule has 1 amide bonds. The molecule has 0 spiro atoms. The van der Waals surface area contributed by atoms with Gasteiger partial charge in [0.2, 0.25) is 0 Å². The van der Waals surface area contributed by atoms with Crippen molar-refractivity contribution in [2.45, 2.75) is 44.2 Å². The lowest BCUT2D eigenvalue weighted by atomic mass is 9.52. The number of carbonyl (C=O) groups excluding carboxylic acids is 1. The minimum absolute atomic E-state index is 0.0517. The molecule has 0 radical (unpaired) electrons. The minimum Gasteiger partial charge on any atom is -0.492 e. The molecule has 4 aliphatic rings. The van der Waals surface area contributed by atoms with Crippen LogP contribution in [-0.2, 0) is 4.74 Å². The van der Waals surface area contributed by atoms with E-state index in [4.69, 9.17) is 37.7 Å². The Kier molecular flexibility index (Phi) is 8.77. The van der Waals surface area contributed by atoms with E-state index in [0.717, 1.165) is 49.8 Å². The van der Waals surface area contributed by atoms with Crippen molar-refractivity contribution < 1.29 is 24.2 Å². The molecule has 0 aliphatic heterocycles. The van der Waals surface area contributed by atoms with Crippen molar-refractivity contribution in [1.82, 2.24) is 15.2 Å². The molecule has 2 N–H and O–H groups in total. The molecule has 0 saturated heterocycles. The summed E-state index contributed by atoms with van der Waals surface area (Å²) in [4.78, 5) is 32.9. The number of halogens is 2. The molecule has 4 saturated carbocycles. The summed E-state index contributed by atoms with van der Waals surface area (Å²) in [5.41, 5.74) is 1.62. The molecule has 4 aliphatic carbocycles. The van der Waals surface area contributed by atoms with Gasteiger partial charge in [-0.1, -0.05) is 47.5 Å². The number of aromatic nitrogens is 1. The molecular formula is C34H37Cl2N3O5. The Labute approximate surface area is 267 Å². The summed E-state index contributed by atoms with van der Waals surface area (Å²) in [6.45, 7) is 1.37. The number of nitrogens with zero attached hydrogens (tertiary/aromatic N) is 2. The van der Waals surface area contributed by atoms with Crippen molar-refractivity contribution >= 4 is 35.3 Å². The number of pyridine rings is 1. The van der Waals surface area contributed by atoms with Crippen LogP contribution in [0.3, 0.4) is 0 Å². The molecule has 3 aromatic rings.